The second-order valence-corrected chi connectivity index (χ2v) is 8.35. The quantitative estimate of drug-likeness (QED) is 0.523. The van der Waals surface area contributed by atoms with Crippen LogP contribution in [0.1, 0.15) is 35.3 Å². The van der Waals surface area contributed by atoms with Gasteiger partial charge in [-0.2, -0.15) is 11.8 Å². The lowest BCUT2D eigenvalue weighted by Gasteiger charge is -2.14. The van der Waals surface area contributed by atoms with Gasteiger partial charge in [0.05, 0.1) is 0 Å². The van der Waals surface area contributed by atoms with Crippen molar-refractivity contribution >= 4 is 45.6 Å². The van der Waals surface area contributed by atoms with Crippen LogP contribution in [0.3, 0.4) is 0 Å². The summed E-state index contributed by atoms with van der Waals surface area (Å²) in [5, 5.41) is 13.5. The molecule has 7 nitrogen and oxygen atoms in total. The van der Waals surface area contributed by atoms with Crippen LogP contribution >= 0.6 is 11.8 Å². The highest BCUT2D eigenvalue weighted by Gasteiger charge is 2.20. The van der Waals surface area contributed by atoms with E-state index < -0.39 is 23.5 Å². The second kappa shape index (κ2) is 8.95. The van der Waals surface area contributed by atoms with E-state index in [1.54, 1.807) is 6.07 Å². The standard InChI is InChI=1S/C22H25NO6S/c1-11-13(3)28-18-10-19-16(9-15(11)18)12(2)14(22(27)29-19)5-6-20(24)23-17(21(25)26)7-8-30-4/h9-10,17H,5-8H2,1-4H3,(H,23,24)(H,25,26). The lowest BCUT2D eigenvalue weighted by molar-refractivity contribution is -0.141. The van der Waals surface area contributed by atoms with E-state index in [2.05, 4.69) is 5.32 Å². The number of rotatable bonds is 8. The number of fused-ring (bicyclic) bond motifs is 2. The molecule has 2 heterocycles. The molecule has 0 aliphatic carbocycles. The smallest absolute Gasteiger partial charge is 0.339 e. The van der Waals surface area contributed by atoms with Crippen molar-refractivity contribution in [3.63, 3.8) is 0 Å². The summed E-state index contributed by atoms with van der Waals surface area (Å²) in [6, 6.07) is 2.74. The van der Waals surface area contributed by atoms with Crippen LogP contribution in [-0.2, 0) is 16.0 Å². The lowest BCUT2D eigenvalue weighted by Crippen LogP contribution is -2.41. The Morgan fingerprint density at radius 1 is 1.10 bits per heavy atom. The summed E-state index contributed by atoms with van der Waals surface area (Å²) < 4.78 is 11.2. The Hall–Kier alpha value is -2.74. The highest BCUT2D eigenvalue weighted by Crippen LogP contribution is 2.31. The third-order valence-electron chi connectivity index (χ3n) is 5.43. The van der Waals surface area contributed by atoms with Crippen LogP contribution in [0.15, 0.2) is 25.8 Å². The number of aliphatic carboxylic acids is 1. The third kappa shape index (κ3) is 4.38. The molecule has 2 aromatic heterocycles. The van der Waals surface area contributed by atoms with Crippen LogP contribution < -0.4 is 10.9 Å². The monoisotopic (exact) mass is 431 g/mol. The summed E-state index contributed by atoms with van der Waals surface area (Å²) >= 11 is 1.52. The minimum Gasteiger partial charge on any atom is -0.480 e. The van der Waals surface area contributed by atoms with Gasteiger partial charge in [-0.15, -0.1) is 0 Å². The molecule has 0 aliphatic rings. The predicted octanol–water partition coefficient (Wildman–Crippen LogP) is 3.72. The number of nitrogens with one attached hydrogen (secondary N) is 1. The van der Waals surface area contributed by atoms with Crippen LogP contribution in [0, 0.1) is 20.8 Å². The Bertz CT molecular complexity index is 1180. The van der Waals surface area contributed by atoms with Gasteiger partial charge in [0.1, 0.15) is 23.0 Å². The molecule has 0 fully saturated rings. The number of carbonyl (C=O) groups excluding carboxylic acids is 1. The van der Waals surface area contributed by atoms with Crippen molar-refractivity contribution < 1.29 is 23.5 Å². The molecule has 0 aliphatic heterocycles. The molecule has 1 atom stereocenters. The molecule has 8 heteroatoms. The van der Waals surface area contributed by atoms with Gasteiger partial charge < -0.3 is 19.3 Å². The molecule has 1 unspecified atom stereocenters. The summed E-state index contributed by atoms with van der Waals surface area (Å²) in [5.41, 5.74) is 2.82. The number of carboxylic acid groups (broad SMARTS) is 1. The van der Waals surface area contributed by atoms with Gasteiger partial charge in [-0.3, -0.25) is 4.79 Å². The maximum absolute atomic E-state index is 12.5. The van der Waals surface area contributed by atoms with E-state index in [1.807, 2.05) is 33.1 Å². The van der Waals surface area contributed by atoms with Crippen LogP contribution in [0.2, 0.25) is 0 Å². The van der Waals surface area contributed by atoms with Crippen LogP contribution in [-0.4, -0.2) is 35.0 Å². The Morgan fingerprint density at radius 2 is 1.77 bits per heavy atom. The van der Waals surface area contributed by atoms with Gasteiger partial charge in [-0.1, -0.05) is 0 Å². The van der Waals surface area contributed by atoms with Gasteiger partial charge in [-0.05, 0) is 62.8 Å². The summed E-state index contributed by atoms with van der Waals surface area (Å²) in [6.45, 7) is 5.69. The molecular formula is C22H25NO6S. The Balaban J connectivity index is 1.84. The summed E-state index contributed by atoms with van der Waals surface area (Å²) in [7, 11) is 0. The third-order valence-corrected chi connectivity index (χ3v) is 6.07. The van der Waals surface area contributed by atoms with Crippen molar-refractivity contribution in [2.75, 3.05) is 12.0 Å². The SMILES string of the molecule is CSCCC(NC(=O)CCc1c(C)c2cc3c(C)c(C)oc3cc2oc1=O)C(=O)O. The molecule has 1 aromatic carbocycles. The number of carboxylic acids is 1. The summed E-state index contributed by atoms with van der Waals surface area (Å²) in [6.07, 6.45) is 2.40. The van der Waals surface area contributed by atoms with Gasteiger partial charge in [0.2, 0.25) is 5.91 Å². The first-order chi connectivity index (χ1) is 14.2. The van der Waals surface area contributed by atoms with E-state index in [0.717, 1.165) is 27.7 Å². The number of benzene rings is 1. The Labute approximate surface area is 177 Å². The molecule has 3 rings (SSSR count). The maximum Gasteiger partial charge on any atom is 0.339 e. The van der Waals surface area contributed by atoms with Gasteiger partial charge in [0.25, 0.3) is 0 Å². The molecule has 0 saturated carbocycles. The molecular weight excluding hydrogens is 406 g/mol. The molecule has 0 radical (unpaired) electrons. The minimum absolute atomic E-state index is 0.00620. The van der Waals surface area contributed by atoms with Crippen molar-refractivity contribution in [3.05, 3.63) is 45.0 Å². The second-order valence-electron chi connectivity index (χ2n) is 7.36. The topological polar surface area (TPSA) is 110 Å². The van der Waals surface area contributed by atoms with E-state index in [1.165, 1.54) is 11.8 Å². The molecule has 1 amide bonds. The van der Waals surface area contributed by atoms with Gasteiger partial charge in [-0.25, -0.2) is 9.59 Å². The van der Waals surface area contributed by atoms with Gasteiger partial charge >= 0.3 is 11.6 Å². The normalized spacial score (nSPS) is 12.4. The Morgan fingerprint density at radius 3 is 2.43 bits per heavy atom. The lowest BCUT2D eigenvalue weighted by atomic mass is 10.00. The zero-order chi connectivity index (χ0) is 22.0. The molecule has 0 spiro atoms. The largest absolute Gasteiger partial charge is 0.480 e. The van der Waals surface area contributed by atoms with Crippen LogP contribution in [0.4, 0.5) is 0 Å². The number of carbonyl (C=O) groups is 2. The highest BCUT2D eigenvalue weighted by atomic mass is 32.2. The van der Waals surface area contributed by atoms with E-state index in [9.17, 15) is 19.5 Å². The van der Waals surface area contributed by atoms with E-state index in [4.69, 9.17) is 8.83 Å². The van der Waals surface area contributed by atoms with Crippen molar-refractivity contribution in [1.82, 2.24) is 5.32 Å². The fourth-order valence-corrected chi connectivity index (χ4v) is 3.98. The Kier molecular flexibility index (Phi) is 6.55. The first kappa shape index (κ1) is 22.0. The average Bonchev–Trinajstić information content (AvgIpc) is 2.96. The number of thioether (sulfide) groups is 1. The zero-order valence-electron chi connectivity index (χ0n) is 17.5. The zero-order valence-corrected chi connectivity index (χ0v) is 18.3. The molecule has 0 bridgehead atoms. The number of hydrogen-bond donors (Lipinski definition) is 2. The summed E-state index contributed by atoms with van der Waals surface area (Å²) in [5.74, 6) is -0.0224. The van der Waals surface area contributed by atoms with E-state index in [-0.39, 0.29) is 12.8 Å². The molecule has 3 aromatic rings. The fourth-order valence-electron chi connectivity index (χ4n) is 3.51. The summed E-state index contributed by atoms with van der Waals surface area (Å²) in [4.78, 5) is 36.1. The average molecular weight is 432 g/mol. The van der Waals surface area contributed by atoms with Gasteiger partial charge in [0.15, 0.2) is 0 Å². The number of aryl methyl sites for hydroxylation is 3. The first-order valence-corrected chi connectivity index (χ1v) is 11.1. The van der Waals surface area contributed by atoms with Crippen molar-refractivity contribution in [1.29, 1.82) is 0 Å². The van der Waals surface area contributed by atoms with E-state index in [0.29, 0.717) is 28.9 Å². The number of amides is 1. The van der Waals surface area contributed by atoms with Crippen LogP contribution in [0.5, 0.6) is 0 Å². The van der Waals surface area contributed by atoms with E-state index >= 15 is 0 Å². The molecule has 2 N–H and O–H groups in total. The minimum atomic E-state index is -1.06. The van der Waals surface area contributed by atoms with Crippen molar-refractivity contribution in [3.8, 4) is 0 Å². The molecule has 30 heavy (non-hydrogen) atoms. The number of hydrogen-bond acceptors (Lipinski definition) is 6. The molecule has 0 saturated heterocycles. The highest BCUT2D eigenvalue weighted by molar-refractivity contribution is 7.98. The molecule has 160 valence electrons. The van der Waals surface area contributed by atoms with Gasteiger partial charge in [0, 0.05) is 28.8 Å². The van der Waals surface area contributed by atoms with Crippen LogP contribution in [0.25, 0.3) is 21.9 Å². The maximum atomic E-state index is 12.5. The fraction of sp³-hybridized carbons (Fsp3) is 0.409. The predicted molar refractivity (Wildman–Crippen MR) is 117 cm³/mol. The van der Waals surface area contributed by atoms with Crippen molar-refractivity contribution in [2.24, 2.45) is 0 Å². The van der Waals surface area contributed by atoms with Crippen molar-refractivity contribution in [2.45, 2.75) is 46.1 Å². The first-order valence-electron chi connectivity index (χ1n) is 9.70. The number of furan rings is 1.